The second-order valence-corrected chi connectivity index (χ2v) is 28.1. The Labute approximate surface area is 654 Å². The maximum absolute atomic E-state index is 5.55. The molecule has 0 atom stereocenters. The van der Waals surface area contributed by atoms with Crippen molar-refractivity contribution in [1.29, 1.82) is 0 Å². The Bertz CT molecular complexity index is 7350. The number of para-hydroxylation sites is 4. The highest BCUT2D eigenvalue weighted by molar-refractivity contribution is 6.26. The predicted octanol–water partition coefficient (Wildman–Crippen LogP) is 24.2. The number of benzene rings is 13. The molecule has 13 aromatic carbocycles. The number of rotatable bonds is 12. The summed E-state index contributed by atoms with van der Waals surface area (Å²) < 4.78 is 0. The third-order valence-corrected chi connectivity index (χ3v) is 21.2. The molecule has 0 saturated heterocycles. The highest BCUT2D eigenvalue weighted by atomic mass is 15.5. The monoisotopic (exact) mass is 1460 g/mol. The molecule has 114 heavy (non-hydrogen) atoms. The zero-order valence-corrected chi connectivity index (χ0v) is 61.2. The molecule has 0 saturated carbocycles. The van der Waals surface area contributed by atoms with Crippen LogP contribution in [0.2, 0.25) is 0 Å². The lowest BCUT2D eigenvalue weighted by atomic mass is 9.92. The van der Waals surface area contributed by atoms with E-state index < -0.39 is 0 Å². The van der Waals surface area contributed by atoms with Crippen molar-refractivity contribution >= 4 is 87.2 Å². The van der Waals surface area contributed by atoms with Crippen molar-refractivity contribution < 1.29 is 0 Å². The molecule has 0 aliphatic carbocycles. The van der Waals surface area contributed by atoms with Crippen molar-refractivity contribution in [2.24, 2.45) is 0 Å². The Morgan fingerprint density at radius 3 is 1.03 bits per heavy atom. The summed E-state index contributed by atoms with van der Waals surface area (Å²) in [6.45, 7) is 0. The van der Waals surface area contributed by atoms with Gasteiger partial charge in [0.15, 0.2) is 0 Å². The highest BCUT2D eigenvalue weighted by Crippen LogP contribution is 2.46. The van der Waals surface area contributed by atoms with Crippen molar-refractivity contribution in [3.63, 3.8) is 0 Å². The molecule has 13 nitrogen and oxygen atoms in total. The van der Waals surface area contributed by atoms with Gasteiger partial charge in [-0.3, -0.25) is 9.97 Å². The maximum atomic E-state index is 5.55. The molecule has 0 bridgehead atoms. The normalized spacial score (nSPS) is 11.5. The lowest BCUT2D eigenvalue weighted by Crippen LogP contribution is -1.97. The summed E-state index contributed by atoms with van der Waals surface area (Å²) in [6.07, 6.45) is 3.59. The average Bonchev–Trinajstić information content (AvgIpc) is 1.34. The molecule has 0 unspecified atom stereocenters. The summed E-state index contributed by atoms with van der Waals surface area (Å²) in [6, 6.07) is 127. The number of nitrogens with zero attached hydrogens (tertiary/aromatic N) is 13. The van der Waals surface area contributed by atoms with E-state index in [9.17, 15) is 0 Å². The molecule has 9 aromatic heterocycles. The number of hydrogen-bond donors (Lipinski definition) is 0. The smallest absolute Gasteiger partial charge is 0.122 e. The van der Waals surface area contributed by atoms with Gasteiger partial charge in [0.25, 0.3) is 0 Å². The zero-order chi connectivity index (χ0) is 75.4. The van der Waals surface area contributed by atoms with Crippen LogP contribution in [0.1, 0.15) is 0 Å². The minimum absolute atomic E-state index is 0.789. The van der Waals surface area contributed by atoms with Crippen LogP contribution in [0, 0.1) is 0 Å². The van der Waals surface area contributed by atoms with Crippen LogP contribution in [0.25, 0.3) is 211 Å². The molecule has 0 fully saturated rings. The van der Waals surface area contributed by atoms with E-state index >= 15 is 0 Å². The highest BCUT2D eigenvalue weighted by Gasteiger charge is 2.26. The van der Waals surface area contributed by atoms with Gasteiger partial charge in [-0.05, 0) is 113 Å². The van der Waals surface area contributed by atoms with E-state index in [0.717, 1.165) is 211 Å². The maximum Gasteiger partial charge on any atom is 0.122 e. The van der Waals surface area contributed by atoms with Crippen molar-refractivity contribution in [1.82, 2.24) is 64.9 Å². The largest absolute Gasteiger partial charge is 0.255 e. The van der Waals surface area contributed by atoms with E-state index in [1.807, 2.05) is 140 Å². The molecule has 0 aliphatic heterocycles. The van der Waals surface area contributed by atoms with Gasteiger partial charge in [-0.25, -0.2) is 24.9 Å². The van der Waals surface area contributed by atoms with Gasteiger partial charge < -0.3 is 0 Å². The summed E-state index contributed by atoms with van der Waals surface area (Å²) in [5.74, 6) is 0. The standard InChI is InChI=1S/C52H33N7.C49H30N6/c1-4-15-35(16-5-1)42-33-43-48(52-51(42)57-59(58-52)39-19-8-3-9-20-39)41-22-14-21-40(50(41)56-49(43)37-17-6-2-7-18-37)36-27-25-34(26-28-36)38-31-46(44-23-10-12-29-53-44)55-47(32-38)45-24-11-13-30-54-45;1-5-14-31(15-6-1)39-30-40-43(49-48(39)53-55(54-49)36-20-11-4-12-21-36)38-23-13-22-37(47(38)52-44(40)33-18-9-3-10-19-33)42-29-27-35-25-24-34-26-28-41(32-16-7-2-8-17-32)50-45(34)46(35)51-42/h1-33H;1-30H. The minimum atomic E-state index is 0.789. The van der Waals surface area contributed by atoms with Crippen LogP contribution < -0.4 is 0 Å². The molecule has 0 radical (unpaired) electrons. The van der Waals surface area contributed by atoms with Crippen LogP contribution in [-0.2, 0) is 0 Å². The van der Waals surface area contributed by atoms with Gasteiger partial charge in [0.2, 0.25) is 0 Å². The molecule has 0 amide bonds. The van der Waals surface area contributed by atoms with E-state index in [1.54, 1.807) is 22.0 Å². The van der Waals surface area contributed by atoms with Crippen LogP contribution in [0.3, 0.4) is 0 Å². The third-order valence-electron chi connectivity index (χ3n) is 21.2. The van der Waals surface area contributed by atoms with E-state index in [1.165, 1.54) is 0 Å². The first-order valence-electron chi connectivity index (χ1n) is 37.9. The van der Waals surface area contributed by atoms with Gasteiger partial charge in [0, 0.05) is 94.4 Å². The fourth-order valence-corrected chi connectivity index (χ4v) is 15.8. The lowest BCUT2D eigenvalue weighted by molar-refractivity contribution is 0.766. The molecule has 0 spiro atoms. The van der Waals surface area contributed by atoms with E-state index in [4.69, 9.17) is 45.3 Å². The van der Waals surface area contributed by atoms with Crippen LogP contribution >= 0.6 is 0 Å². The Morgan fingerprint density at radius 1 is 0.184 bits per heavy atom. The third kappa shape index (κ3) is 12.1. The predicted molar refractivity (Wildman–Crippen MR) is 462 cm³/mol. The first-order valence-corrected chi connectivity index (χ1v) is 37.9. The molecular formula is C101H63N13. The fraction of sp³-hybridized carbons (Fsp3) is 0. The first kappa shape index (κ1) is 66.5. The van der Waals surface area contributed by atoms with Crippen molar-refractivity contribution in [3.05, 3.63) is 382 Å². The Kier molecular flexibility index (Phi) is 16.5. The molecule has 0 N–H and O–H groups in total. The molecule has 532 valence electrons. The van der Waals surface area contributed by atoms with Crippen LogP contribution in [0.5, 0.6) is 0 Å². The van der Waals surface area contributed by atoms with Crippen LogP contribution in [0.15, 0.2) is 382 Å². The van der Waals surface area contributed by atoms with Gasteiger partial charge in [-0.1, -0.05) is 285 Å². The lowest BCUT2D eigenvalue weighted by Gasteiger charge is -2.15. The number of aromatic nitrogens is 13. The van der Waals surface area contributed by atoms with Crippen molar-refractivity contribution in [2.75, 3.05) is 0 Å². The van der Waals surface area contributed by atoms with Gasteiger partial charge in [0.1, 0.15) is 22.1 Å². The zero-order valence-electron chi connectivity index (χ0n) is 61.2. The molecule has 22 rings (SSSR count). The Hall–Kier alpha value is -15.7. The second kappa shape index (κ2) is 28.4. The molecular weight excluding hydrogens is 1400 g/mol. The first-order chi connectivity index (χ1) is 56.5. The SMILES string of the molecule is c1ccc(-c2ccc3ccc4ccc(-c5cccc6c5nc(-c5ccccc5)c5cc(-c7ccccc7)c7nn(-c8ccccc8)nc7c56)nc4c3n2)cc1.c1ccc(-c2nc3c(-c4ccc(-c5cc(-c6ccccn6)nc(-c6ccccn6)c5)cc4)cccc3c3c2cc(-c2ccccc2)c2nn(-c4ccccc4)nc23)cc1. The Morgan fingerprint density at radius 2 is 0.561 bits per heavy atom. The van der Waals surface area contributed by atoms with Crippen molar-refractivity contribution in [2.45, 2.75) is 0 Å². The molecule has 0 aliphatic rings. The van der Waals surface area contributed by atoms with Crippen molar-refractivity contribution in [3.8, 4) is 124 Å². The number of pyridine rings is 7. The van der Waals surface area contributed by atoms with Gasteiger partial charge in [-0.2, -0.15) is 9.59 Å². The van der Waals surface area contributed by atoms with E-state index in [-0.39, 0.29) is 0 Å². The summed E-state index contributed by atoms with van der Waals surface area (Å²) in [5, 5.41) is 28.9. The molecule has 22 aromatic rings. The van der Waals surface area contributed by atoms with Gasteiger partial charge in [0.05, 0.1) is 79.0 Å². The minimum Gasteiger partial charge on any atom is -0.255 e. The van der Waals surface area contributed by atoms with Gasteiger partial charge >= 0.3 is 0 Å². The Balaban J connectivity index is 0.000000144. The second-order valence-electron chi connectivity index (χ2n) is 28.1. The number of fused-ring (bicyclic) bond motifs is 13. The van der Waals surface area contributed by atoms with Crippen LogP contribution in [0.4, 0.5) is 0 Å². The topological polar surface area (TPSA) is 152 Å². The number of hydrogen-bond acceptors (Lipinski definition) is 11. The molecule has 9 heterocycles. The fourth-order valence-electron chi connectivity index (χ4n) is 15.8. The van der Waals surface area contributed by atoms with E-state index in [0.29, 0.717) is 0 Å². The molecule has 13 heteroatoms. The summed E-state index contributed by atoms with van der Waals surface area (Å²) in [4.78, 5) is 39.3. The summed E-state index contributed by atoms with van der Waals surface area (Å²) >= 11 is 0. The quantitative estimate of drug-likeness (QED) is 0.107. The average molecular weight is 1460 g/mol. The van der Waals surface area contributed by atoms with Gasteiger partial charge in [-0.15, -0.1) is 20.4 Å². The van der Waals surface area contributed by atoms with Crippen LogP contribution in [-0.4, -0.2) is 64.9 Å². The summed E-state index contributed by atoms with van der Waals surface area (Å²) in [7, 11) is 0. The summed E-state index contributed by atoms with van der Waals surface area (Å²) in [5.41, 5.74) is 27.7. The van der Waals surface area contributed by atoms with E-state index in [2.05, 4.69) is 240 Å².